The fourth-order valence-electron chi connectivity index (χ4n) is 1.58. The van der Waals surface area contributed by atoms with E-state index in [0.29, 0.717) is 10.9 Å². The molecule has 0 saturated heterocycles. The summed E-state index contributed by atoms with van der Waals surface area (Å²) in [5.41, 5.74) is 1.85. The smallest absolute Gasteiger partial charge is 0.150 e. The van der Waals surface area contributed by atoms with Gasteiger partial charge in [0.25, 0.3) is 0 Å². The van der Waals surface area contributed by atoms with Crippen molar-refractivity contribution in [2.75, 3.05) is 0 Å². The summed E-state index contributed by atoms with van der Waals surface area (Å²) in [5, 5.41) is 0.523. The van der Waals surface area contributed by atoms with Gasteiger partial charge >= 0.3 is 0 Å². The highest BCUT2D eigenvalue weighted by atomic mass is 35.5. The molecule has 1 heterocycles. The van der Waals surface area contributed by atoms with Gasteiger partial charge in [-0.3, -0.25) is 0 Å². The maximum absolute atomic E-state index is 13.3. The Labute approximate surface area is 84.7 Å². The molecule has 0 radical (unpaired) electrons. The van der Waals surface area contributed by atoms with E-state index in [1.807, 2.05) is 0 Å². The van der Waals surface area contributed by atoms with Crippen LogP contribution in [0.5, 0.6) is 0 Å². The second-order valence-electron chi connectivity index (χ2n) is 3.17. The summed E-state index contributed by atoms with van der Waals surface area (Å²) in [6.07, 6.45) is 0. The van der Waals surface area contributed by atoms with Gasteiger partial charge < -0.3 is 4.98 Å². The monoisotopic (exact) mass is 215 g/mol. The fourth-order valence-corrected chi connectivity index (χ4v) is 1.92. The molecule has 74 valence electrons. The lowest BCUT2D eigenvalue weighted by Gasteiger charge is -1.95. The van der Waals surface area contributed by atoms with E-state index in [0.717, 1.165) is 17.3 Å². The molecule has 0 aliphatic rings. The molecule has 4 heteroatoms. The van der Waals surface area contributed by atoms with Crippen molar-refractivity contribution in [1.82, 2.24) is 4.98 Å². The Morgan fingerprint density at radius 2 is 2.07 bits per heavy atom. The molecule has 1 nitrogen and oxygen atoms in total. The van der Waals surface area contributed by atoms with Crippen molar-refractivity contribution < 1.29 is 8.78 Å². The summed E-state index contributed by atoms with van der Waals surface area (Å²) < 4.78 is 26.2. The van der Waals surface area contributed by atoms with E-state index < -0.39 is 11.6 Å². The maximum Gasteiger partial charge on any atom is 0.150 e. The molecule has 0 aliphatic carbocycles. The largest absolute Gasteiger partial charge is 0.356 e. The molecule has 1 aromatic heterocycles. The van der Waals surface area contributed by atoms with Crippen LogP contribution in [0.15, 0.2) is 12.1 Å². The van der Waals surface area contributed by atoms with Crippen LogP contribution in [0.4, 0.5) is 8.78 Å². The van der Waals surface area contributed by atoms with Gasteiger partial charge in [-0.2, -0.15) is 0 Å². The number of H-pyrrole nitrogens is 1. The number of hydrogen-bond donors (Lipinski definition) is 1. The molecule has 0 aliphatic heterocycles. The number of rotatable bonds is 1. The van der Waals surface area contributed by atoms with E-state index in [4.69, 9.17) is 11.6 Å². The molecule has 0 saturated carbocycles. The van der Waals surface area contributed by atoms with Crippen molar-refractivity contribution >= 4 is 22.5 Å². The zero-order chi connectivity index (χ0) is 10.3. The van der Waals surface area contributed by atoms with E-state index in [1.54, 1.807) is 6.92 Å². The van der Waals surface area contributed by atoms with Crippen LogP contribution in [0.2, 0.25) is 0 Å². The summed E-state index contributed by atoms with van der Waals surface area (Å²) in [4.78, 5) is 2.85. The van der Waals surface area contributed by atoms with Crippen molar-refractivity contribution in [3.8, 4) is 0 Å². The average Bonchev–Trinajstić information content (AvgIpc) is 2.41. The SMILES string of the molecule is Cc1[nH]c2c(F)cc(F)cc2c1CCl. The first-order valence-corrected chi connectivity index (χ1v) is 4.69. The molecule has 2 aromatic rings. The Morgan fingerprint density at radius 1 is 1.36 bits per heavy atom. The van der Waals surface area contributed by atoms with Crippen molar-refractivity contribution in [2.45, 2.75) is 12.8 Å². The molecular weight excluding hydrogens is 208 g/mol. The number of benzene rings is 1. The number of fused-ring (bicyclic) bond motifs is 1. The number of aryl methyl sites for hydroxylation is 1. The number of halogens is 3. The Balaban J connectivity index is 2.87. The predicted molar refractivity (Wildman–Crippen MR) is 52.5 cm³/mol. The van der Waals surface area contributed by atoms with Gasteiger partial charge in [-0.1, -0.05) is 0 Å². The topological polar surface area (TPSA) is 15.8 Å². The molecule has 0 spiro atoms. The predicted octanol–water partition coefficient (Wildman–Crippen LogP) is 3.49. The Hall–Kier alpha value is -1.09. The first kappa shape index (κ1) is 9.46. The lowest BCUT2D eigenvalue weighted by atomic mass is 10.1. The quantitative estimate of drug-likeness (QED) is 0.701. The van der Waals surface area contributed by atoms with Crippen LogP contribution in [-0.4, -0.2) is 4.98 Å². The van der Waals surface area contributed by atoms with Crippen molar-refractivity contribution in [3.63, 3.8) is 0 Å². The minimum atomic E-state index is -0.584. The normalized spacial score (nSPS) is 11.1. The Bertz CT molecular complexity index is 490. The third-order valence-corrected chi connectivity index (χ3v) is 2.55. The highest BCUT2D eigenvalue weighted by Crippen LogP contribution is 2.26. The van der Waals surface area contributed by atoms with Crippen LogP contribution in [0.3, 0.4) is 0 Å². The lowest BCUT2D eigenvalue weighted by molar-refractivity contribution is 0.591. The maximum atomic E-state index is 13.3. The average molecular weight is 216 g/mol. The van der Waals surface area contributed by atoms with Crippen molar-refractivity contribution in [1.29, 1.82) is 0 Å². The number of aromatic amines is 1. The molecule has 0 amide bonds. The van der Waals surface area contributed by atoms with Crippen molar-refractivity contribution in [2.24, 2.45) is 0 Å². The lowest BCUT2D eigenvalue weighted by Crippen LogP contribution is -1.82. The van der Waals surface area contributed by atoms with Crippen LogP contribution in [0.25, 0.3) is 10.9 Å². The molecule has 0 unspecified atom stereocenters. The van der Waals surface area contributed by atoms with Crippen molar-refractivity contribution in [3.05, 3.63) is 35.0 Å². The van der Waals surface area contributed by atoms with E-state index in [-0.39, 0.29) is 5.88 Å². The van der Waals surface area contributed by atoms with Gasteiger partial charge in [0.1, 0.15) is 11.6 Å². The summed E-state index contributed by atoms with van der Waals surface area (Å²) in [6.45, 7) is 1.79. The zero-order valence-corrected chi connectivity index (χ0v) is 8.25. The highest BCUT2D eigenvalue weighted by Gasteiger charge is 2.12. The van der Waals surface area contributed by atoms with Gasteiger partial charge in [-0.25, -0.2) is 8.78 Å². The minimum Gasteiger partial charge on any atom is -0.356 e. The summed E-state index contributed by atoms with van der Waals surface area (Å²) in [5.74, 6) is -0.922. The molecule has 1 aromatic carbocycles. The van der Waals surface area contributed by atoms with Gasteiger partial charge in [-0.15, -0.1) is 11.6 Å². The van der Waals surface area contributed by atoms with E-state index in [1.165, 1.54) is 6.07 Å². The summed E-state index contributed by atoms with van der Waals surface area (Å²) in [7, 11) is 0. The number of nitrogens with one attached hydrogen (secondary N) is 1. The van der Waals surface area contributed by atoms with Gasteiger partial charge in [0.05, 0.1) is 5.52 Å². The van der Waals surface area contributed by atoms with E-state index in [9.17, 15) is 8.78 Å². The van der Waals surface area contributed by atoms with Crippen LogP contribution >= 0.6 is 11.6 Å². The van der Waals surface area contributed by atoms with E-state index in [2.05, 4.69) is 4.98 Å². The second-order valence-corrected chi connectivity index (χ2v) is 3.44. The molecular formula is C10H8ClF2N. The summed E-state index contributed by atoms with van der Waals surface area (Å²) >= 11 is 5.69. The summed E-state index contributed by atoms with van der Waals surface area (Å²) in [6, 6.07) is 2.15. The number of alkyl halides is 1. The van der Waals surface area contributed by atoms with Crippen LogP contribution in [0.1, 0.15) is 11.3 Å². The van der Waals surface area contributed by atoms with Crippen LogP contribution in [-0.2, 0) is 5.88 Å². The van der Waals surface area contributed by atoms with Gasteiger partial charge in [-0.05, 0) is 18.6 Å². The van der Waals surface area contributed by atoms with Gasteiger partial charge in [0.15, 0.2) is 0 Å². The number of aromatic nitrogens is 1. The Kier molecular flexibility index (Phi) is 2.19. The number of hydrogen-bond acceptors (Lipinski definition) is 0. The van der Waals surface area contributed by atoms with Crippen LogP contribution in [0, 0.1) is 18.6 Å². The first-order chi connectivity index (χ1) is 6.63. The molecule has 0 fully saturated rings. The second kappa shape index (κ2) is 3.24. The first-order valence-electron chi connectivity index (χ1n) is 4.15. The molecule has 0 bridgehead atoms. The molecule has 14 heavy (non-hydrogen) atoms. The third kappa shape index (κ3) is 1.28. The molecule has 2 rings (SSSR count). The molecule has 1 N–H and O–H groups in total. The zero-order valence-electron chi connectivity index (χ0n) is 7.50. The van der Waals surface area contributed by atoms with Gasteiger partial charge in [0, 0.05) is 23.0 Å². The highest BCUT2D eigenvalue weighted by molar-refractivity contribution is 6.18. The van der Waals surface area contributed by atoms with Crippen LogP contribution < -0.4 is 0 Å². The third-order valence-electron chi connectivity index (χ3n) is 2.28. The fraction of sp³-hybridized carbons (Fsp3) is 0.200. The Morgan fingerprint density at radius 3 is 2.71 bits per heavy atom. The molecule has 0 atom stereocenters. The minimum absolute atomic E-state index is 0.245. The standard InChI is InChI=1S/C10H8ClF2N/c1-5-8(4-11)7-2-6(12)3-9(13)10(7)14-5/h2-3,14H,4H2,1H3. The van der Waals surface area contributed by atoms with E-state index >= 15 is 0 Å². The van der Waals surface area contributed by atoms with Gasteiger partial charge in [0.2, 0.25) is 0 Å².